The highest BCUT2D eigenvalue weighted by Crippen LogP contribution is 2.06. The van der Waals surface area contributed by atoms with Crippen molar-refractivity contribution < 1.29 is 4.79 Å². The molecule has 0 saturated heterocycles. The third kappa shape index (κ3) is 4.11. The van der Waals surface area contributed by atoms with Crippen LogP contribution in [0.15, 0.2) is 18.5 Å². The second-order valence-corrected chi connectivity index (χ2v) is 5.47. The van der Waals surface area contributed by atoms with Gasteiger partial charge in [-0.25, -0.2) is 4.98 Å². The van der Waals surface area contributed by atoms with Crippen LogP contribution in [0.1, 0.15) is 34.5 Å². The molecule has 0 aliphatic heterocycles. The lowest BCUT2D eigenvalue weighted by atomic mass is 10.2. The Morgan fingerprint density at radius 3 is 2.57 bits per heavy atom. The standard InChI is InChI=1S/C15H21N5O/c1-10(9-20-13(4)5-11(2)19-20)6-18-15(21)14-8-16-12(3)7-17-14/h5,7-8,10H,6,9H2,1-4H3,(H,18,21). The molecule has 2 aromatic heterocycles. The summed E-state index contributed by atoms with van der Waals surface area (Å²) in [7, 11) is 0. The summed E-state index contributed by atoms with van der Waals surface area (Å²) in [6.07, 6.45) is 3.09. The molecule has 0 aliphatic rings. The minimum absolute atomic E-state index is 0.192. The molecule has 1 unspecified atom stereocenters. The number of carbonyl (C=O) groups is 1. The smallest absolute Gasteiger partial charge is 0.271 e. The van der Waals surface area contributed by atoms with E-state index < -0.39 is 0 Å². The molecule has 0 fully saturated rings. The van der Waals surface area contributed by atoms with Gasteiger partial charge in [-0.3, -0.25) is 14.5 Å². The van der Waals surface area contributed by atoms with Gasteiger partial charge in [0.1, 0.15) is 5.69 Å². The largest absolute Gasteiger partial charge is 0.350 e. The maximum absolute atomic E-state index is 11.9. The summed E-state index contributed by atoms with van der Waals surface area (Å²) in [4.78, 5) is 20.1. The van der Waals surface area contributed by atoms with Crippen LogP contribution < -0.4 is 5.32 Å². The molecule has 0 saturated carbocycles. The van der Waals surface area contributed by atoms with Crippen molar-refractivity contribution >= 4 is 5.91 Å². The van der Waals surface area contributed by atoms with E-state index in [1.165, 1.54) is 6.20 Å². The van der Waals surface area contributed by atoms with Gasteiger partial charge >= 0.3 is 0 Å². The predicted octanol–water partition coefficient (Wildman–Crippen LogP) is 1.66. The fourth-order valence-corrected chi connectivity index (χ4v) is 2.09. The summed E-state index contributed by atoms with van der Waals surface area (Å²) in [6.45, 7) is 9.29. The Morgan fingerprint density at radius 1 is 1.24 bits per heavy atom. The number of amides is 1. The number of rotatable bonds is 5. The van der Waals surface area contributed by atoms with Crippen LogP contribution in [0.4, 0.5) is 0 Å². The molecule has 112 valence electrons. The Bertz CT molecular complexity index is 617. The van der Waals surface area contributed by atoms with Gasteiger partial charge in [0, 0.05) is 25.0 Å². The molecule has 1 atom stereocenters. The fraction of sp³-hybridized carbons (Fsp3) is 0.467. The molecular formula is C15H21N5O. The van der Waals surface area contributed by atoms with Crippen LogP contribution in [0.2, 0.25) is 0 Å². The van der Waals surface area contributed by atoms with Crippen molar-refractivity contribution in [3.05, 3.63) is 41.2 Å². The number of aromatic nitrogens is 4. The minimum Gasteiger partial charge on any atom is -0.350 e. The SMILES string of the molecule is Cc1cnc(C(=O)NCC(C)Cn2nc(C)cc2C)cn1. The number of hydrogen-bond donors (Lipinski definition) is 1. The second kappa shape index (κ2) is 6.47. The van der Waals surface area contributed by atoms with E-state index in [0.717, 1.165) is 23.6 Å². The summed E-state index contributed by atoms with van der Waals surface area (Å²) in [5.74, 6) is 0.0908. The van der Waals surface area contributed by atoms with E-state index in [1.54, 1.807) is 6.20 Å². The Kier molecular flexibility index (Phi) is 4.67. The molecule has 2 aromatic rings. The van der Waals surface area contributed by atoms with Crippen LogP contribution in [0.5, 0.6) is 0 Å². The Morgan fingerprint density at radius 2 is 2.00 bits per heavy atom. The van der Waals surface area contributed by atoms with Crippen LogP contribution in [-0.2, 0) is 6.54 Å². The van der Waals surface area contributed by atoms with Gasteiger partial charge in [0.25, 0.3) is 5.91 Å². The van der Waals surface area contributed by atoms with Crippen LogP contribution in [0.3, 0.4) is 0 Å². The topological polar surface area (TPSA) is 72.7 Å². The number of nitrogens with zero attached hydrogens (tertiary/aromatic N) is 4. The first-order chi connectivity index (χ1) is 9.95. The monoisotopic (exact) mass is 287 g/mol. The van der Waals surface area contributed by atoms with Gasteiger partial charge in [0.05, 0.1) is 17.6 Å². The molecule has 2 heterocycles. The van der Waals surface area contributed by atoms with Gasteiger partial charge < -0.3 is 5.32 Å². The highest BCUT2D eigenvalue weighted by atomic mass is 16.1. The van der Waals surface area contributed by atoms with Gasteiger partial charge in [-0.2, -0.15) is 5.10 Å². The van der Waals surface area contributed by atoms with E-state index in [-0.39, 0.29) is 11.8 Å². The Balaban J connectivity index is 1.86. The molecule has 6 heteroatoms. The highest BCUT2D eigenvalue weighted by molar-refractivity contribution is 5.91. The average Bonchev–Trinajstić information content (AvgIpc) is 2.75. The molecule has 1 N–H and O–H groups in total. The third-order valence-electron chi connectivity index (χ3n) is 3.21. The average molecular weight is 287 g/mol. The van der Waals surface area contributed by atoms with Crippen molar-refractivity contribution in [2.75, 3.05) is 6.54 Å². The van der Waals surface area contributed by atoms with E-state index in [9.17, 15) is 4.79 Å². The van der Waals surface area contributed by atoms with E-state index in [1.807, 2.05) is 31.5 Å². The first-order valence-electron chi connectivity index (χ1n) is 7.03. The van der Waals surface area contributed by atoms with Crippen molar-refractivity contribution in [3.63, 3.8) is 0 Å². The zero-order valence-corrected chi connectivity index (χ0v) is 12.9. The quantitative estimate of drug-likeness (QED) is 0.908. The van der Waals surface area contributed by atoms with E-state index in [0.29, 0.717) is 12.2 Å². The molecular weight excluding hydrogens is 266 g/mol. The summed E-state index contributed by atoms with van der Waals surface area (Å²) in [6, 6.07) is 2.05. The summed E-state index contributed by atoms with van der Waals surface area (Å²) in [5.41, 5.74) is 3.29. The van der Waals surface area contributed by atoms with Crippen molar-refractivity contribution in [1.82, 2.24) is 25.1 Å². The summed E-state index contributed by atoms with van der Waals surface area (Å²) < 4.78 is 1.97. The Hall–Kier alpha value is -2.24. The number of aryl methyl sites for hydroxylation is 3. The number of carbonyl (C=O) groups excluding carboxylic acids is 1. The maximum atomic E-state index is 11.9. The van der Waals surface area contributed by atoms with Gasteiger partial charge in [-0.05, 0) is 32.8 Å². The van der Waals surface area contributed by atoms with E-state index >= 15 is 0 Å². The number of nitrogens with one attached hydrogen (secondary N) is 1. The molecule has 1 amide bonds. The molecule has 2 rings (SSSR count). The van der Waals surface area contributed by atoms with Crippen molar-refractivity contribution in [3.8, 4) is 0 Å². The number of hydrogen-bond acceptors (Lipinski definition) is 4. The Labute approximate surface area is 124 Å². The van der Waals surface area contributed by atoms with Crippen LogP contribution in [0, 0.1) is 26.7 Å². The lowest BCUT2D eigenvalue weighted by Crippen LogP contribution is -2.31. The van der Waals surface area contributed by atoms with Crippen molar-refractivity contribution in [1.29, 1.82) is 0 Å². The first kappa shape index (κ1) is 15.2. The molecule has 0 bridgehead atoms. The zero-order chi connectivity index (χ0) is 15.4. The predicted molar refractivity (Wildman–Crippen MR) is 80.0 cm³/mol. The minimum atomic E-state index is -0.192. The molecule has 0 aliphatic carbocycles. The molecule has 0 spiro atoms. The van der Waals surface area contributed by atoms with E-state index in [2.05, 4.69) is 27.3 Å². The van der Waals surface area contributed by atoms with Gasteiger partial charge in [-0.1, -0.05) is 6.92 Å². The van der Waals surface area contributed by atoms with Crippen LogP contribution in [0.25, 0.3) is 0 Å². The molecule has 21 heavy (non-hydrogen) atoms. The van der Waals surface area contributed by atoms with E-state index in [4.69, 9.17) is 0 Å². The zero-order valence-electron chi connectivity index (χ0n) is 12.9. The van der Waals surface area contributed by atoms with Gasteiger partial charge in [0.15, 0.2) is 0 Å². The van der Waals surface area contributed by atoms with Crippen LogP contribution >= 0.6 is 0 Å². The van der Waals surface area contributed by atoms with Crippen LogP contribution in [-0.4, -0.2) is 32.2 Å². The van der Waals surface area contributed by atoms with Crippen molar-refractivity contribution in [2.24, 2.45) is 5.92 Å². The lowest BCUT2D eigenvalue weighted by molar-refractivity contribution is 0.0941. The van der Waals surface area contributed by atoms with Crippen molar-refractivity contribution in [2.45, 2.75) is 34.2 Å². The lowest BCUT2D eigenvalue weighted by Gasteiger charge is -2.13. The normalized spacial score (nSPS) is 12.2. The first-order valence-corrected chi connectivity index (χ1v) is 7.03. The summed E-state index contributed by atoms with van der Waals surface area (Å²) >= 11 is 0. The molecule has 0 aromatic carbocycles. The van der Waals surface area contributed by atoms with Gasteiger partial charge in [0.2, 0.25) is 0 Å². The summed E-state index contributed by atoms with van der Waals surface area (Å²) in [5, 5.41) is 7.31. The molecule has 6 nitrogen and oxygen atoms in total. The third-order valence-corrected chi connectivity index (χ3v) is 3.21. The maximum Gasteiger partial charge on any atom is 0.271 e. The highest BCUT2D eigenvalue weighted by Gasteiger charge is 2.11. The molecule has 0 radical (unpaired) electrons. The second-order valence-electron chi connectivity index (χ2n) is 5.47. The fourth-order valence-electron chi connectivity index (χ4n) is 2.09. The van der Waals surface area contributed by atoms with Gasteiger partial charge in [-0.15, -0.1) is 0 Å².